The summed E-state index contributed by atoms with van der Waals surface area (Å²) in [6.45, 7) is 2.41. The third-order valence-electron chi connectivity index (χ3n) is 4.84. The summed E-state index contributed by atoms with van der Waals surface area (Å²) in [6.07, 6.45) is 3.51. The fraction of sp³-hybridized carbons (Fsp3) is 0.250. The van der Waals surface area contributed by atoms with Gasteiger partial charge in [-0.25, -0.2) is 9.50 Å². The lowest BCUT2D eigenvalue weighted by atomic mass is 10.0. The number of aryl methyl sites for hydroxylation is 1. The van der Waals surface area contributed by atoms with Crippen molar-refractivity contribution in [3.05, 3.63) is 53.3 Å². The molecule has 0 unspecified atom stereocenters. The maximum absolute atomic E-state index is 9.03. The predicted octanol–water partition coefficient (Wildman–Crippen LogP) is 2.48. The number of hydrogen-bond donors (Lipinski definition) is 1. The Labute approximate surface area is 160 Å². The highest BCUT2D eigenvalue weighted by atomic mass is 16.5. The monoisotopic (exact) mass is 374 g/mol. The number of fused-ring (bicyclic) bond motifs is 2. The first-order valence-corrected chi connectivity index (χ1v) is 9.17. The van der Waals surface area contributed by atoms with Crippen molar-refractivity contribution in [1.82, 2.24) is 24.7 Å². The van der Waals surface area contributed by atoms with Crippen molar-refractivity contribution in [1.29, 1.82) is 0 Å². The molecule has 0 bridgehead atoms. The topological polar surface area (TPSA) is 102 Å². The summed E-state index contributed by atoms with van der Waals surface area (Å²) < 4.78 is 7.20. The van der Waals surface area contributed by atoms with Gasteiger partial charge in [0.2, 0.25) is 5.82 Å². The molecule has 3 aromatic heterocycles. The average Bonchev–Trinajstić information content (AvgIpc) is 3.43. The van der Waals surface area contributed by atoms with Crippen LogP contribution in [0.4, 0.5) is 0 Å². The Balaban J connectivity index is 1.52. The van der Waals surface area contributed by atoms with E-state index in [1.807, 2.05) is 31.2 Å². The van der Waals surface area contributed by atoms with E-state index in [0.29, 0.717) is 24.0 Å². The Morgan fingerprint density at radius 3 is 2.93 bits per heavy atom. The zero-order valence-corrected chi connectivity index (χ0v) is 15.3. The van der Waals surface area contributed by atoms with Crippen LogP contribution < -0.4 is 0 Å². The van der Waals surface area contributed by atoms with Gasteiger partial charge in [0.15, 0.2) is 5.65 Å². The Morgan fingerprint density at radius 1 is 1.14 bits per heavy atom. The summed E-state index contributed by atoms with van der Waals surface area (Å²) in [5, 5.41) is 17.6. The largest absolute Gasteiger partial charge is 0.394 e. The number of aliphatic hydroxyl groups excluding tert-OH is 1. The summed E-state index contributed by atoms with van der Waals surface area (Å²) in [5.41, 5.74) is 6.46. The molecule has 0 fully saturated rings. The summed E-state index contributed by atoms with van der Waals surface area (Å²) in [7, 11) is 0. The molecular formula is C20H18N6O2. The van der Waals surface area contributed by atoms with Crippen molar-refractivity contribution in [3.63, 3.8) is 0 Å². The second-order valence-electron chi connectivity index (χ2n) is 6.71. The molecule has 0 aliphatic heterocycles. The molecule has 0 spiro atoms. The van der Waals surface area contributed by atoms with Crippen LogP contribution in [0.3, 0.4) is 0 Å². The third kappa shape index (κ3) is 2.78. The number of aromatic nitrogens is 5. The first-order valence-electron chi connectivity index (χ1n) is 9.17. The van der Waals surface area contributed by atoms with Crippen LogP contribution in [0.15, 0.2) is 46.0 Å². The molecule has 4 aromatic rings. The lowest BCUT2D eigenvalue weighted by Gasteiger charge is -2.04. The molecule has 28 heavy (non-hydrogen) atoms. The number of nitrogens with zero attached hydrogens (tertiary/aromatic N) is 6. The minimum Gasteiger partial charge on any atom is -0.394 e. The zero-order valence-electron chi connectivity index (χ0n) is 15.3. The van der Waals surface area contributed by atoms with Crippen LogP contribution in [-0.4, -0.2) is 48.7 Å². The van der Waals surface area contributed by atoms with Crippen molar-refractivity contribution in [2.75, 3.05) is 13.2 Å². The molecule has 8 heteroatoms. The van der Waals surface area contributed by atoms with Gasteiger partial charge in [0, 0.05) is 11.3 Å². The molecule has 1 N–H and O–H groups in total. The van der Waals surface area contributed by atoms with Crippen molar-refractivity contribution in [2.45, 2.75) is 19.8 Å². The number of aliphatic imine (C=N–C) groups is 1. The van der Waals surface area contributed by atoms with Gasteiger partial charge in [0.25, 0.3) is 5.89 Å². The molecule has 0 radical (unpaired) electrons. The number of benzene rings is 1. The molecule has 1 aliphatic carbocycles. The smallest absolute Gasteiger partial charge is 0.278 e. The van der Waals surface area contributed by atoms with Gasteiger partial charge in [-0.2, -0.15) is 10.1 Å². The van der Waals surface area contributed by atoms with Crippen LogP contribution in [0.5, 0.6) is 0 Å². The molecular weight excluding hydrogens is 356 g/mol. The van der Waals surface area contributed by atoms with Crippen LogP contribution in [0.1, 0.15) is 23.2 Å². The van der Waals surface area contributed by atoms with E-state index in [2.05, 4.69) is 31.3 Å². The number of hydrogen-bond acceptors (Lipinski definition) is 7. The van der Waals surface area contributed by atoms with E-state index in [4.69, 9.17) is 9.63 Å². The third-order valence-corrected chi connectivity index (χ3v) is 4.84. The highest BCUT2D eigenvalue weighted by molar-refractivity contribution is 6.06. The van der Waals surface area contributed by atoms with E-state index in [1.165, 1.54) is 5.56 Å². The van der Waals surface area contributed by atoms with Gasteiger partial charge < -0.3 is 9.63 Å². The van der Waals surface area contributed by atoms with Crippen molar-refractivity contribution < 1.29 is 9.63 Å². The quantitative estimate of drug-likeness (QED) is 0.589. The zero-order chi connectivity index (χ0) is 19.1. The molecule has 0 atom stereocenters. The molecule has 1 aromatic carbocycles. The predicted molar refractivity (Wildman–Crippen MR) is 103 cm³/mol. The normalized spacial score (nSPS) is 14.9. The minimum atomic E-state index is 0.0557. The number of aliphatic hydroxyl groups is 1. The maximum Gasteiger partial charge on any atom is 0.278 e. The standard InChI is InChI=1S/C20H18N6O2/c1-12-5-8-18-22-17(11-26(18)24-12)20-23-19(25-28-20)15-4-2-3-14-13(15)6-7-16(14)21-9-10-27/h2-5,8,11,27H,6-7,9-10H2,1H3. The second kappa shape index (κ2) is 6.65. The average molecular weight is 374 g/mol. The van der Waals surface area contributed by atoms with Gasteiger partial charge >= 0.3 is 0 Å². The second-order valence-corrected chi connectivity index (χ2v) is 6.71. The summed E-state index contributed by atoms with van der Waals surface area (Å²) in [4.78, 5) is 13.6. The molecule has 3 heterocycles. The molecule has 0 saturated carbocycles. The molecule has 0 saturated heterocycles. The fourth-order valence-corrected chi connectivity index (χ4v) is 3.58. The molecule has 0 amide bonds. The Kier molecular flexibility index (Phi) is 3.98. The molecule has 140 valence electrons. The SMILES string of the molecule is Cc1ccc2nc(-c3nc(-c4cccc5c4CCC5=NCCO)no3)cn2n1. The lowest BCUT2D eigenvalue weighted by Crippen LogP contribution is -1.99. The maximum atomic E-state index is 9.03. The molecule has 1 aliphatic rings. The highest BCUT2D eigenvalue weighted by Crippen LogP contribution is 2.32. The van der Waals surface area contributed by atoms with Crippen LogP contribution in [-0.2, 0) is 6.42 Å². The Bertz CT molecular complexity index is 1210. The van der Waals surface area contributed by atoms with Gasteiger partial charge in [-0.15, -0.1) is 0 Å². The fourth-order valence-electron chi connectivity index (χ4n) is 3.58. The first kappa shape index (κ1) is 16.8. The van der Waals surface area contributed by atoms with E-state index in [1.54, 1.807) is 10.7 Å². The van der Waals surface area contributed by atoms with Gasteiger partial charge in [-0.3, -0.25) is 4.99 Å². The highest BCUT2D eigenvalue weighted by Gasteiger charge is 2.23. The minimum absolute atomic E-state index is 0.0557. The van der Waals surface area contributed by atoms with Gasteiger partial charge in [-0.05, 0) is 43.0 Å². The lowest BCUT2D eigenvalue weighted by molar-refractivity contribution is 0.307. The van der Waals surface area contributed by atoms with E-state index in [-0.39, 0.29) is 6.61 Å². The number of rotatable bonds is 4. The van der Waals surface area contributed by atoms with Crippen LogP contribution >= 0.6 is 0 Å². The van der Waals surface area contributed by atoms with E-state index < -0.39 is 0 Å². The van der Waals surface area contributed by atoms with Crippen LogP contribution in [0.25, 0.3) is 28.6 Å². The van der Waals surface area contributed by atoms with Crippen molar-refractivity contribution in [3.8, 4) is 23.0 Å². The van der Waals surface area contributed by atoms with Crippen molar-refractivity contribution in [2.24, 2.45) is 4.99 Å². The van der Waals surface area contributed by atoms with Gasteiger partial charge in [0.05, 0.1) is 25.0 Å². The number of imidazole rings is 1. The summed E-state index contributed by atoms with van der Waals surface area (Å²) in [6, 6.07) is 9.84. The summed E-state index contributed by atoms with van der Waals surface area (Å²) >= 11 is 0. The van der Waals surface area contributed by atoms with Crippen molar-refractivity contribution >= 4 is 11.4 Å². The first-order chi connectivity index (χ1) is 13.7. The Morgan fingerprint density at radius 2 is 2.04 bits per heavy atom. The molecule has 5 rings (SSSR count). The summed E-state index contributed by atoms with van der Waals surface area (Å²) in [5.74, 6) is 0.902. The van der Waals surface area contributed by atoms with Crippen LogP contribution in [0, 0.1) is 6.92 Å². The van der Waals surface area contributed by atoms with E-state index in [0.717, 1.165) is 41.0 Å². The Hall–Kier alpha value is -3.39. The van der Waals surface area contributed by atoms with E-state index in [9.17, 15) is 0 Å². The molecule has 8 nitrogen and oxygen atoms in total. The van der Waals surface area contributed by atoms with Gasteiger partial charge in [-0.1, -0.05) is 23.4 Å². The van der Waals surface area contributed by atoms with Crippen LogP contribution in [0.2, 0.25) is 0 Å². The van der Waals surface area contributed by atoms with E-state index >= 15 is 0 Å². The van der Waals surface area contributed by atoms with Gasteiger partial charge in [0.1, 0.15) is 5.69 Å².